The normalized spacial score (nSPS) is 18.8. The van der Waals surface area contributed by atoms with Crippen LogP contribution in [0.2, 0.25) is 0 Å². The minimum Gasteiger partial charge on any atom is -0.370 e. The Bertz CT molecular complexity index is 838. The lowest BCUT2D eigenvalue weighted by molar-refractivity contribution is -0.141. The van der Waals surface area contributed by atoms with Crippen LogP contribution in [0.4, 0.5) is 32.0 Å². The molecule has 3 N–H and O–H groups in total. The molecule has 0 bridgehead atoms. The number of nitrogens with zero attached hydrogens (tertiary/aromatic N) is 1. The Kier molecular flexibility index (Phi) is 6.19. The van der Waals surface area contributed by atoms with E-state index in [1.807, 2.05) is 0 Å². The maximum Gasteiger partial charge on any atom is 0.418 e. The Morgan fingerprint density at radius 2 is 1.86 bits per heavy atom. The Balaban J connectivity index is 2.28. The zero-order chi connectivity index (χ0) is 21.3. The first-order valence-electron chi connectivity index (χ1n) is 8.02. The Hall–Kier alpha value is -2.02. The molecule has 1 amide bonds. The highest BCUT2D eigenvalue weighted by molar-refractivity contribution is 7.89. The number of benzene rings is 1. The lowest BCUT2D eigenvalue weighted by Gasteiger charge is -2.35. The average Bonchev–Trinajstić information content (AvgIpc) is 2.57. The van der Waals surface area contributed by atoms with E-state index in [9.17, 15) is 39.6 Å². The molecule has 0 aliphatic carbocycles. The minimum absolute atomic E-state index is 0.126. The van der Waals surface area contributed by atoms with E-state index in [2.05, 4.69) is 0 Å². The van der Waals surface area contributed by atoms with Crippen LogP contribution in [0.25, 0.3) is 0 Å². The topological polar surface area (TPSA) is 92.5 Å². The van der Waals surface area contributed by atoms with Gasteiger partial charge in [-0.25, -0.2) is 13.6 Å². The van der Waals surface area contributed by atoms with Crippen molar-refractivity contribution in [3.63, 3.8) is 0 Å². The molecule has 0 saturated carbocycles. The third kappa shape index (κ3) is 5.74. The summed E-state index contributed by atoms with van der Waals surface area (Å²) >= 11 is 0. The number of carbonyl (C=O) groups excluding carboxylic acids is 1. The van der Waals surface area contributed by atoms with Gasteiger partial charge in [0.05, 0.1) is 16.4 Å². The van der Waals surface area contributed by atoms with Crippen LogP contribution in [0.5, 0.6) is 0 Å². The van der Waals surface area contributed by atoms with Crippen LogP contribution in [0, 0.1) is 5.92 Å². The number of alkyl halides is 6. The van der Waals surface area contributed by atoms with Crippen molar-refractivity contribution in [1.29, 1.82) is 0 Å². The second kappa shape index (κ2) is 7.78. The molecular formula is C15H17F6N3O3S. The fourth-order valence-corrected chi connectivity index (χ4v) is 3.48. The molecule has 28 heavy (non-hydrogen) atoms. The molecule has 1 aliphatic rings. The molecule has 1 unspecified atom stereocenters. The minimum atomic E-state index is -4.90. The van der Waals surface area contributed by atoms with Crippen LogP contribution in [0.15, 0.2) is 23.1 Å². The Morgan fingerprint density at radius 1 is 1.21 bits per heavy atom. The maximum atomic E-state index is 13.4. The summed E-state index contributed by atoms with van der Waals surface area (Å²) in [6.07, 6.45) is -9.01. The molecule has 1 fully saturated rings. The first-order valence-corrected chi connectivity index (χ1v) is 9.56. The highest BCUT2D eigenvalue weighted by Gasteiger charge is 2.38. The van der Waals surface area contributed by atoms with Gasteiger partial charge in [0.1, 0.15) is 6.54 Å². The van der Waals surface area contributed by atoms with Crippen LogP contribution in [0.1, 0.15) is 18.4 Å². The van der Waals surface area contributed by atoms with Crippen LogP contribution in [0.3, 0.4) is 0 Å². The van der Waals surface area contributed by atoms with Gasteiger partial charge in [0.2, 0.25) is 15.9 Å². The predicted octanol–water partition coefficient (Wildman–Crippen LogP) is 2.25. The fourth-order valence-electron chi connectivity index (χ4n) is 2.94. The smallest absolute Gasteiger partial charge is 0.370 e. The highest BCUT2D eigenvalue weighted by Crippen LogP contribution is 2.39. The number of amides is 1. The second-order valence-corrected chi connectivity index (χ2v) is 7.90. The van der Waals surface area contributed by atoms with E-state index in [4.69, 9.17) is 5.14 Å². The first kappa shape index (κ1) is 22.3. The monoisotopic (exact) mass is 433 g/mol. The van der Waals surface area contributed by atoms with E-state index >= 15 is 0 Å². The molecule has 1 aliphatic heterocycles. The van der Waals surface area contributed by atoms with Crippen LogP contribution in [-0.2, 0) is 21.0 Å². The standard InChI is InChI=1S/C15H17F6N3O3S/c16-14(17,18)8-23-13(25)9-2-1-5-24(7-9)12-4-3-10(28(22,26)27)6-11(12)15(19,20)21/h3-4,6,9H,1-2,5,7-8H2,(H,23,25)(H2,22,26,27). The molecule has 2 rings (SSSR count). The number of nitrogens with one attached hydrogen (secondary N) is 1. The van der Waals surface area contributed by atoms with Crippen molar-refractivity contribution in [3.8, 4) is 0 Å². The molecule has 6 nitrogen and oxygen atoms in total. The van der Waals surface area contributed by atoms with Gasteiger partial charge >= 0.3 is 12.4 Å². The molecule has 1 saturated heterocycles. The van der Waals surface area contributed by atoms with Gasteiger partial charge < -0.3 is 10.2 Å². The number of nitrogens with two attached hydrogens (primary N) is 1. The summed E-state index contributed by atoms with van der Waals surface area (Å²) in [5.74, 6) is -1.84. The summed E-state index contributed by atoms with van der Waals surface area (Å²) in [6.45, 7) is -1.64. The number of carbonyl (C=O) groups is 1. The molecule has 0 spiro atoms. The summed E-state index contributed by atoms with van der Waals surface area (Å²) in [7, 11) is -4.37. The summed E-state index contributed by atoms with van der Waals surface area (Å²) < 4.78 is 99.6. The number of hydrogen-bond acceptors (Lipinski definition) is 4. The molecule has 1 atom stereocenters. The lowest BCUT2D eigenvalue weighted by Crippen LogP contribution is -2.45. The summed E-state index contributed by atoms with van der Waals surface area (Å²) in [5.41, 5.74) is -1.62. The number of primary sulfonamides is 1. The number of sulfonamides is 1. The van der Waals surface area contributed by atoms with Gasteiger partial charge in [0, 0.05) is 18.8 Å². The SMILES string of the molecule is NS(=O)(=O)c1ccc(N2CCCC(C(=O)NCC(F)(F)F)C2)c(C(F)(F)F)c1. The first-order chi connectivity index (χ1) is 12.7. The van der Waals surface area contributed by atoms with Crippen molar-refractivity contribution in [2.75, 3.05) is 24.5 Å². The Morgan fingerprint density at radius 3 is 2.39 bits per heavy atom. The van der Waals surface area contributed by atoms with Crippen molar-refractivity contribution in [3.05, 3.63) is 23.8 Å². The largest absolute Gasteiger partial charge is 0.418 e. The van der Waals surface area contributed by atoms with Gasteiger partial charge in [-0.1, -0.05) is 0 Å². The van der Waals surface area contributed by atoms with Gasteiger partial charge in [-0.05, 0) is 31.0 Å². The van der Waals surface area contributed by atoms with Crippen molar-refractivity contribution < 1.29 is 39.6 Å². The van der Waals surface area contributed by atoms with Gasteiger partial charge in [0.25, 0.3) is 0 Å². The van der Waals surface area contributed by atoms with E-state index in [1.165, 1.54) is 4.90 Å². The van der Waals surface area contributed by atoms with Crippen molar-refractivity contribution in [2.45, 2.75) is 30.1 Å². The van der Waals surface area contributed by atoms with E-state index in [0.29, 0.717) is 6.07 Å². The molecule has 1 aromatic carbocycles. The van der Waals surface area contributed by atoms with E-state index in [0.717, 1.165) is 12.1 Å². The van der Waals surface area contributed by atoms with Gasteiger partial charge in [0.15, 0.2) is 0 Å². The number of anilines is 1. The molecular weight excluding hydrogens is 416 g/mol. The Labute approximate surface area is 156 Å². The quantitative estimate of drug-likeness (QED) is 0.713. The molecule has 1 heterocycles. The predicted molar refractivity (Wildman–Crippen MR) is 86.8 cm³/mol. The average molecular weight is 433 g/mol. The summed E-state index contributed by atoms with van der Waals surface area (Å²) in [6, 6.07) is 2.24. The van der Waals surface area contributed by atoms with Crippen molar-refractivity contribution in [2.24, 2.45) is 11.1 Å². The van der Waals surface area contributed by atoms with Crippen LogP contribution < -0.4 is 15.4 Å². The zero-order valence-electron chi connectivity index (χ0n) is 14.3. The number of rotatable bonds is 4. The van der Waals surface area contributed by atoms with Crippen molar-refractivity contribution in [1.82, 2.24) is 5.32 Å². The third-order valence-electron chi connectivity index (χ3n) is 4.20. The molecule has 158 valence electrons. The van der Waals surface area contributed by atoms with Crippen molar-refractivity contribution >= 4 is 21.6 Å². The van der Waals surface area contributed by atoms with Gasteiger partial charge in [-0.15, -0.1) is 0 Å². The number of hydrogen-bond donors (Lipinski definition) is 2. The molecule has 0 aromatic heterocycles. The highest BCUT2D eigenvalue weighted by atomic mass is 32.2. The fraction of sp³-hybridized carbons (Fsp3) is 0.533. The number of halogens is 6. The third-order valence-corrected chi connectivity index (χ3v) is 5.11. The molecule has 0 radical (unpaired) electrons. The van der Waals surface area contributed by atoms with E-state index < -0.39 is 51.2 Å². The van der Waals surface area contributed by atoms with Crippen LogP contribution in [-0.4, -0.2) is 40.1 Å². The zero-order valence-corrected chi connectivity index (χ0v) is 15.1. The van der Waals surface area contributed by atoms with Gasteiger partial charge in [-0.3, -0.25) is 4.79 Å². The lowest BCUT2D eigenvalue weighted by atomic mass is 9.96. The summed E-state index contributed by atoms with van der Waals surface area (Å²) in [4.78, 5) is 12.4. The van der Waals surface area contributed by atoms with E-state index in [-0.39, 0.29) is 31.6 Å². The van der Waals surface area contributed by atoms with E-state index in [1.54, 1.807) is 5.32 Å². The van der Waals surface area contributed by atoms with Gasteiger partial charge in [-0.2, -0.15) is 26.3 Å². The summed E-state index contributed by atoms with van der Waals surface area (Å²) in [5, 5.41) is 6.60. The number of piperidine rings is 1. The maximum absolute atomic E-state index is 13.4. The molecule has 1 aromatic rings. The molecule has 13 heteroatoms. The second-order valence-electron chi connectivity index (χ2n) is 6.34. The van der Waals surface area contributed by atoms with Crippen LogP contribution >= 0.6 is 0 Å².